The molecule has 1 fully saturated rings. The van der Waals surface area contributed by atoms with E-state index in [-0.39, 0.29) is 12.5 Å². The zero-order chi connectivity index (χ0) is 22.5. The van der Waals surface area contributed by atoms with Crippen LogP contribution < -0.4 is 15.5 Å². The van der Waals surface area contributed by atoms with E-state index >= 15 is 0 Å². The molecular formula is C20H23ClN8O2S. The number of hydrogen-bond donors (Lipinski definition) is 3. The molecule has 1 amide bonds. The number of benzene rings is 1. The lowest BCUT2D eigenvalue weighted by Gasteiger charge is -2.34. The van der Waals surface area contributed by atoms with Crippen molar-refractivity contribution >= 4 is 51.6 Å². The van der Waals surface area contributed by atoms with Crippen LogP contribution in [0.4, 0.5) is 22.7 Å². The fraction of sp³-hybridized carbons (Fsp3) is 0.350. The monoisotopic (exact) mass is 474 g/mol. The molecule has 0 unspecified atom stereocenters. The molecule has 3 aromatic rings. The molecule has 0 saturated carbocycles. The van der Waals surface area contributed by atoms with Crippen LogP contribution in [-0.4, -0.2) is 75.2 Å². The fourth-order valence-electron chi connectivity index (χ4n) is 3.26. The van der Waals surface area contributed by atoms with E-state index in [2.05, 4.69) is 40.4 Å². The van der Waals surface area contributed by atoms with Crippen molar-refractivity contribution in [3.05, 3.63) is 46.2 Å². The van der Waals surface area contributed by atoms with E-state index in [1.807, 2.05) is 6.92 Å². The van der Waals surface area contributed by atoms with Gasteiger partial charge in [0.05, 0.1) is 23.5 Å². The molecule has 168 valence electrons. The Labute approximate surface area is 194 Å². The Bertz CT molecular complexity index is 1090. The number of thiazole rings is 1. The van der Waals surface area contributed by atoms with Crippen LogP contribution in [0.25, 0.3) is 0 Å². The summed E-state index contributed by atoms with van der Waals surface area (Å²) in [7, 11) is 0. The minimum Gasteiger partial charge on any atom is -0.395 e. The smallest absolute Gasteiger partial charge is 0.267 e. The van der Waals surface area contributed by atoms with E-state index < -0.39 is 0 Å². The lowest BCUT2D eigenvalue weighted by molar-refractivity contribution is 0.103. The molecule has 1 aliphatic rings. The number of carbonyl (C=O) groups excluding carboxylic acids is 1. The Balaban J connectivity index is 1.42. The molecule has 3 N–H and O–H groups in total. The number of hydrogen-bond acceptors (Lipinski definition) is 10. The standard InChI is InChI=1S/C20H23ClN8O2S/c1-13-23-18(26-19(24-13)29-8-6-28(7-9-29)10-11-30)27-20-22-12-16(32-20)17(31)25-15-5-3-2-4-14(15)21/h2-5,12,30H,6-11H2,1H3,(H,25,31)(H,22,23,24,26,27). The van der Waals surface area contributed by atoms with E-state index in [9.17, 15) is 4.79 Å². The van der Waals surface area contributed by atoms with Gasteiger partial charge in [-0.25, -0.2) is 4.98 Å². The van der Waals surface area contributed by atoms with Crippen molar-refractivity contribution in [2.45, 2.75) is 6.92 Å². The highest BCUT2D eigenvalue weighted by Gasteiger charge is 2.20. The molecule has 0 radical (unpaired) electrons. The lowest BCUT2D eigenvalue weighted by Crippen LogP contribution is -2.47. The molecule has 3 heterocycles. The number of aliphatic hydroxyl groups excluding tert-OH is 1. The molecule has 4 rings (SSSR count). The van der Waals surface area contributed by atoms with Crippen LogP contribution in [0.15, 0.2) is 30.5 Å². The number of nitrogens with one attached hydrogen (secondary N) is 2. The van der Waals surface area contributed by atoms with Gasteiger partial charge in [0.1, 0.15) is 10.7 Å². The van der Waals surface area contributed by atoms with Crippen LogP contribution in [0.2, 0.25) is 5.02 Å². The molecule has 12 heteroatoms. The molecular weight excluding hydrogens is 452 g/mol. The second-order valence-electron chi connectivity index (χ2n) is 7.15. The Morgan fingerprint density at radius 3 is 2.72 bits per heavy atom. The summed E-state index contributed by atoms with van der Waals surface area (Å²) in [6.07, 6.45) is 1.49. The third-order valence-corrected chi connectivity index (χ3v) is 6.12. The molecule has 1 aromatic carbocycles. The third kappa shape index (κ3) is 5.49. The highest BCUT2D eigenvalue weighted by atomic mass is 35.5. The number of piperazine rings is 1. The van der Waals surface area contributed by atoms with E-state index in [4.69, 9.17) is 16.7 Å². The predicted molar refractivity (Wildman–Crippen MR) is 125 cm³/mol. The van der Waals surface area contributed by atoms with Crippen molar-refractivity contribution in [2.24, 2.45) is 0 Å². The van der Waals surface area contributed by atoms with E-state index in [1.165, 1.54) is 17.5 Å². The number of para-hydroxylation sites is 1. The average molecular weight is 475 g/mol. The number of aryl methyl sites for hydroxylation is 1. The van der Waals surface area contributed by atoms with Crippen molar-refractivity contribution in [3.8, 4) is 0 Å². The van der Waals surface area contributed by atoms with Crippen molar-refractivity contribution in [1.82, 2.24) is 24.8 Å². The minimum absolute atomic E-state index is 0.158. The summed E-state index contributed by atoms with van der Waals surface area (Å²) in [5.74, 6) is 1.26. The van der Waals surface area contributed by atoms with Crippen LogP contribution in [0.3, 0.4) is 0 Å². The maximum atomic E-state index is 12.5. The molecule has 2 aromatic heterocycles. The maximum Gasteiger partial charge on any atom is 0.267 e. The first-order valence-corrected chi connectivity index (χ1v) is 11.3. The lowest BCUT2D eigenvalue weighted by atomic mass is 10.3. The zero-order valence-corrected chi connectivity index (χ0v) is 19.0. The van der Waals surface area contributed by atoms with Gasteiger partial charge in [-0.15, -0.1) is 0 Å². The van der Waals surface area contributed by atoms with Gasteiger partial charge >= 0.3 is 0 Å². The van der Waals surface area contributed by atoms with E-state index in [0.29, 0.717) is 45.0 Å². The molecule has 32 heavy (non-hydrogen) atoms. The van der Waals surface area contributed by atoms with Crippen LogP contribution in [-0.2, 0) is 0 Å². The predicted octanol–water partition coefficient (Wildman–Crippen LogP) is 2.40. The zero-order valence-electron chi connectivity index (χ0n) is 17.5. The summed E-state index contributed by atoms with van der Waals surface area (Å²) in [5.41, 5.74) is 0.541. The topological polar surface area (TPSA) is 119 Å². The number of aromatic nitrogens is 4. The summed E-state index contributed by atoms with van der Waals surface area (Å²) in [4.78, 5) is 34.9. The Kier molecular flexibility index (Phi) is 7.10. The van der Waals surface area contributed by atoms with Gasteiger partial charge in [0.15, 0.2) is 5.13 Å². The first-order chi connectivity index (χ1) is 15.5. The van der Waals surface area contributed by atoms with Crippen LogP contribution in [0.1, 0.15) is 15.5 Å². The molecule has 0 aliphatic carbocycles. The minimum atomic E-state index is -0.295. The largest absolute Gasteiger partial charge is 0.395 e. The number of aliphatic hydroxyl groups is 1. The summed E-state index contributed by atoms with van der Waals surface area (Å²) >= 11 is 7.30. The number of amides is 1. The van der Waals surface area contributed by atoms with Crippen molar-refractivity contribution < 1.29 is 9.90 Å². The van der Waals surface area contributed by atoms with Crippen LogP contribution in [0.5, 0.6) is 0 Å². The summed E-state index contributed by atoms with van der Waals surface area (Å²) < 4.78 is 0. The van der Waals surface area contributed by atoms with Gasteiger partial charge < -0.3 is 15.3 Å². The quantitative estimate of drug-likeness (QED) is 0.474. The molecule has 1 saturated heterocycles. The third-order valence-electron chi connectivity index (χ3n) is 4.88. The second kappa shape index (κ2) is 10.2. The summed E-state index contributed by atoms with van der Waals surface area (Å²) in [6, 6.07) is 7.05. The molecule has 0 atom stereocenters. The first kappa shape index (κ1) is 22.3. The van der Waals surface area contributed by atoms with Gasteiger partial charge in [0.2, 0.25) is 11.9 Å². The Hall–Kier alpha value is -2.86. The van der Waals surface area contributed by atoms with Gasteiger partial charge in [-0.2, -0.15) is 15.0 Å². The van der Waals surface area contributed by atoms with Gasteiger partial charge in [-0.05, 0) is 19.1 Å². The first-order valence-electron chi connectivity index (χ1n) is 10.1. The number of anilines is 4. The van der Waals surface area contributed by atoms with Crippen LogP contribution >= 0.6 is 22.9 Å². The van der Waals surface area contributed by atoms with Gasteiger partial charge in [0, 0.05) is 32.7 Å². The van der Waals surface area contributed by atoms with E-state index in [0.717, 1.165) is 26.2 Å². The van der Waals surface area contributed by atoms with Crippen molar-refractivity contribution in [1.29, 1.82) is 0 Å². The van der Waals surface area contributed by atoms with Crippen LogP contribution in [0, 0.1) is 6.92 Å². The fourth-order valence-corrected chi connectivity index (χ4v) is 4.15. The maximum absolute atomic E-state index is 12.5. The Morgan fingerprint density at radius 1 is 1.19 bits per heavy atom. The molecule has 10 nitrogen and oxygen atoms in total. The number of nitrogens with zero attached hydrogens (tertiary/aromatic N) is 6. The number of halogens is 1. The average Bonchev–Trinajstić information content (AvgIpc) is 3.24. The van der Waals surface area contributed by atoms with E-state index in [1.54, 1.807) is 24.3 Å². The van der Waals surface area contributed by atoms with Gasteiger partial charge in [0.25, 0.3) is 5.91 Å². The number of carbonyl (C=O) groups is 1. The SMILES string of the molecule is Cc1nc(Nc2ncc(C(=O)Nc3ccccc3Cl)s2)nc(N2CCN(CCO)CC2)n1. The van der Waals surface area contributed by atoms with Gasteiger partial charge in [-0.1, -0.05) is 35.1 Å². The summed E-state index contributed by atoms with van der Waals surface area (Å²) in [6.45, 7) is 5.86. The normalized spacial score (nSPS) is 14.4. The highest BCUT2D eigenvalue weighted by Crippen LogP contribution is 2.25. The molecule has 1 aliphatic heterocycles. The number of rotatable bonds is 7. The summed E-state index contributed by atoms with van der Waals surface area (Å²) in [5, 5.41) is 15.9. The second-order valence-corrected chi connectivity index (χ2v) is 8.59. The number of β-amino-alcohol motifs (C(OH)–C–C–N with tert-alkyl or cyclic N) is 1. The van der Waals surface area contributed by atoms with Gasteiger partial charge in [-0.3, -0.25) is 15.0 Å². The molecule has 0 spiro atoms. The van der Waals surface area contributed by atoms with Crippen molar-refractivity contribution in [3.63, 3.8) is 0 Å². The van der Waals surface area contributed by atoms with Crippen molar-refractivity contribution in [2.75, 3.05) is 54.9 Å². The Morgan fingerprint density at radius 2 is 1.97 bits per heavy atom. The highest BCUT2D eigenvalue weighted by molar-refractivity contribution is 7.17. The molecule has 0 bridgehead atoms.